The van der Waals surface area contributed by atoms with Crippen molar-refractivity contribution in [3.63, 3.8) is 0 Å². The number of nitrogens with zero attached hydrogens (tertiary/aromatic N) is 4. The molecule has 0 aromatic carbocycles. The van der Waals surface area contributed by atoms with Gasteiger partial charge in [0.1, 0.15) is 78.5 Å². The second kappa shape index (κ2) is 52.9. The van der Waals surface area contributed by atoms with Crippen LogP contribution >= 0.6 is 0 Å². The van der Waals surface area contributed by atoms with Gasteiger partial charge in [-0.3, -0.25) is 81.9 Å². The second-order valence-electron chi connectivity index (χ2n) is 28.9. The van der Waals surface area contributed by atoms with Crippen molar-refractivity contribution >= 4 is 106 Å². The highest BCUT2D eigenvalue weighted by Gasteiger charge is 2.40. The smallest absolute Gasteiger partial charge is 0.326 e. The SMILES string of the molecule is CC(NC(=O)C(NC(=O)C(CCC(N)=O)NC(=O)C(CCCCN)NC(=O)C(N)C(C)O)C(C)O)C(=O)NC(CCCN=C(N)N)C(=O)NC(CCCC[N+](C)(C)C)C(=O)NC(CO)C(=O)NC(C(=O)NCC(=O)NCC(=O)NC(CCCCN)C(=O)NC(C)C(=O)N1CCCC1C(=O)NC(CCCN=C(N)N)C(=O)O)C(C)O. The molecule has 1 aliphatic rings. The standard InChI is InChI=1S/C68H125N25O21/c1-35(81-64(111)53(39(5)97)91-59(106)44(24-25-48(71)98)86-56(103)42(19-10-13-27-70)87-62(109)51(72)37(3)95)54(101)84-43(21-15-28-77-67(73)74)57(104)85-41(20-11-14-31-93(6,7)8)58(105)89-46(34-94)60(107)90-52(38(4)96)63(110)80-32-49(99)79-33-50(100)83-40(18-9-12-26-69)55(102)82-36(2)65(112)92-30-17-23-47(92)61(108)88-45(66(113)114)22-16-29-78-68(75)76/h35-47,51-53,94-97H,9-34,69-70,72H2,1-8H3,(H23-,71,73,74,75,76,77,78,79,80,81,82,83,84,85,86,87,88,89,90,91,98,99,100,101,102,103,104,105,106,107,108,109,110,111,113,114)/p+1. The van der Waals surface area contributed by atoms with Crippen LogP contribution in [-0.4, -0.2) is 318 Å². The first-order chi connectivity index (χ1) is 53.4. The zero-order chi connectivity index (χ0) is 86.7. The number of carbonyl (C=O) groups excluding carboxylic acids is 15. The summed E-state index contributed by atoms with van der Waals surface area (Å²) >= 11 is 0. The summed E-state index contributed by atoms with van der Waals surface area (Å²) < 4.78 is 0.490. The number of carbonyl (C=O) groups is 16. The maximum Gasteiger partial charge on any atom is 0.326 e. The molecule has 648 valence electrons. The summed E-state index contributed by atoms with van der Waals surface area (Å²) in [4.78, 5) is 224. The molecule has 1 aliphatic heterocycles. The Morgan fingerprint density at radius 3 is 1.32 bits per heavy atom. The van der Waals surface area contributed by atoms with Crippen molar-refractivity contribution in [1.82, 2.24) is 74.0 Å². The number of likely N-dealkylation sites (tertiary alicyclic amines) is 1. The molecule has 1 fully saturated rings. The minimum Gasteiger partial charge on any atom is -0.480 e. The van der Waals surface area contributed by atoms with E-state index >= 15 is 0 Å². The summed E-state index contributed by atoms with van der Waals surface area (Å²) in [6, 6.07) is -19.6. The first-order valence-electron chi connectivity index (χ1n) is 37.8. The number of carboxylic acids is 1. The van der Waals surface area contributed by atoms with Crippen LogP contribution in [-0.2, 0) is 76.7 Å². The number of hydrogen-bond acceptors (Lipinski definition) is 25. The fraction of sp³-hybridized carbons (Fsp3) is 0.735. The van der Waals surface area contributed by atoms with Crippen LogP contribution in [0.2, 0.25) is 0 Å². The molecule has 0 saturated carbocycles. The van der Waals surface area contributed by atoms with Crippen molar-refractivity contribution in [2.24, 2.45) is 55.9 Å². The molecular formula is C68H126N25O21+. The lowest BCUT2D eigenvalue weighted by Crippen LogP contribution is -2.62. The van der Waals surface area contributed by atoms with E-state index in [1.165, 1.54) is 25.7 Å². The van der Waals surface area contributed by atoms with Gasteiger partial charge in [-0.15, -0.1) is 0 Å². The normalized spacial score (nSPS) is 16.5. The van der Waals surface area contributed by atoms with E-state index in [4.69, 9.17) is 45.9 Å². The average Bonchev–Trinajstić information content (AvgIpc) is 1.57. The molecule has 0 aliphatic carbocycles. The molecule has 16 unspecified atom stereocenters. The number of hydrogen-bond donors (Lipinski definition) is 26. The first kappa shape index (κ1) is 102. The highest BCUT2D eigenvalue weighted by molar-refractivity contribution is 6.00. The third-order valence-corrected chi connectivity index (χ3v) is 17.8. The number of nitrogens with one attached hydrogen (secondary N) is 13. The minimum absolute atomic E-state index is 0.0110. The van der Waals surface area contributed by atoms with Crippen LogP contribution in [0.3, 0.4) is 0 Å². The highest BCUT2D eigenvalue weighted by atomic mass is 16.4. The number of carboxylic acid groups (broad SMARTS) is 1. The zero-order valence-corrected chi connectivity index (χ0v) is 66.3. The Morgan fingerprint density at radius 1 is 0.447 bits per heavy atom. The van der Waals surface area contributed by atoms with Crippen molar-refractivity contribution in [3.8, 4) is 0 Å². The Hall–Kier alpha value is -10.3. The van der Waals surface area contributed by atoms with E-state index in [0.717, 1.165) is 13.8 Å². The summed E-state index contributed by atoms with van der Waals surface area (Å²) in [5, 5.41) is 82.6. The van der Waals surface area contributed by atoms with Gasteiger partial charge in [0.25, 0.3) is 0 Å². The molecular weight excluding hydrogens is 1500 g/mol. The van der Waals surface area contributed by atoms with Crippen LogP contribution in [0.4, 0.5) is 0 Å². The Bertz CT molecular complexity index is 3260. The molecule has 1 rings (SSSR count). The van der Waals surface area contributed by atoms with Crippen LogP contribution in [0.5, 0.6) is 0 Å². The van der Waals surface area contributed by atoms with Crippen molar-refractivity contribution < 1.29 is 107 Å². The fourth-order valence-corrected chi connectivity index (χ4v) is 11.3. The third-order valence-electron chi connectivity index (χ3n) is 17.8. The average molecular weight is 1630 g/mol. The second-order valence-corrected chi connectivity index (χ2v) is 28.9. The van der Waals surface area contributed by atoms with Crippen LogP contribution in [0, 0.1) is 0 Å². The molecule has 0 spiro atoms. The number of unbranched alkanes of at least 4 members (excludes halogenated alkanes) is 3. The molecule has 0 radical (unpaired) electrons. The van der Waals surface area contributed by atoms with Gasteiger partial charge in [-0.25, -0.2) is 4.79 Å². The first-order valence-corrected chi connectivity index (χ1v) is 37.8. The van der Waals surface area contributed by atoms with Gasteiger partial charge in [0.05, 0.1) is 65.7 Å². The third kappa shape index (κ3) is 40.0. The molecule has 0 bridgehead atoms. The van der Waals surface area contributed by atoms with Crippen LogP contribution in [0.25, 0.3) is 0 Å². The van der Waals surface area contributed by atoms with Gasteiger partial charge in [-0.1, -0.05) is 0 Å². The largest absolute Gasteiger partial charge is 0.480 e. The predicted molar refractivity (Wildman–Crippen MR) is 412 cm³/mol. The molecule has 34 N–H and O–H groups in total. The minimum atomic E-state index is -1.89. The predicted octanol–water partition coefficient (Wildman–Crippen LogP) is -12.4. The lowest BCUT2D eigenvalue weighted by molar-refractivity contribution is -0.870. The van der Waals surface area contributed by atoms with Gasteiger partial charge in [0, 0.05) is 26.1 Å². The molecule has 46 heteroatoms. The number of quaternary nitrogens is 1. The van der Waals surface area contributed by atoms with E-state index in [1.54, 1.807) is 0 Å². The van der Waals surface area contributed by atoms with E-state index in [9.17, 15) is 102 Å². The number of guanidine groups is 2. The van der Waals surface area contributed by atoms with Crippen molar-refractivity contribution in [3.05, 3.63) is 0 Å². The summed E-state index contributed by atoms with van der Waals surface area (Å²) in [6.45, 7) is 4.37. The van der Waals surface area contributed by atoms with Crippen molar-refractivity contribution in [2.45, 2.75) is 241 Å². The number of primary amides is 1. The summed E-state index contributed by atoms with van der Waals surface area (Å²) in [5.41, 5.74) is 44.1. The quantitative estimate of drug-likeness (QED) is 0.0116. The highest BCUT2D eigenvalue weighted by Crippen LogP contribution is 2.20. The number of nitrogens with two attached hydrogens (primary N) is 8. The van der Waals surface area contributed by atoms with Gasteiger partial charge in [-0.2, -0.15) is 0 Å². The number of aliphatic imine (C=N–C) groups is 2. The zero-order valence-electron chi connectivity index (χ0n) is 66.3. The summed E-state index contributed by atoms with van der Waals surface area (Å²) in [7, 11) is 5.71. The molecule has 1 heterocycles. The Balaban J connectivity index is 3.33. The molecule has 15 amide bonds. The number of rotatable bonds is 56. The van der Waals surface area contributed by atoms with Gasteiger partial charge in [0.2, 0.25) is 88.6 Å². The number of aliphatic carboxylic acids is 1. The van der Waals surface area contributed by atoms with Gasteiger partial charge in [0.15, 0.2) is 11.9 Å². The van der Waals surface area contributed by atoms with Crippen LogP contribution < -0.4 is 115 Å². The van der Waals surface area contributed by atoms with Crippen LogP contribution in [0.1, 0.15) is 144 Å². The summed E-state index contributed by atoms with van der Waals surface area (Å²) in [6.07, 6.45) is -3.01. The molecule has 114 heavy (non-hydrogen) atoms. The van der Waals surface area contributed by atoms with E-state index in [0.29, 0.717) is 49.6 Å². The van der Waals surface area contributed by atoms with E-state index < -0.39 is 224 Å². The number of aliphatic hydroxyl groups is 4. The van der Waals surface area contributed by atoms with Crippen molar-refractivity contribution in [1.29, 1.82) is 0 Å². The monoisotopic (exact) mass is 1630 g/mol. The molecule has 0 aromatic rings. The Kier molecular flexibility index (Phi) is 47.2. The topological polar surface area (TPSA) is 767 Å². The molecule has 1 saturated heterocycles. The van der Waals surface area contributed by atoms with Crippen LogP contribution in [0.15, 0.2) is 9.98 Å². The summed E-state index contributed by atoms with van der Waals surface area (Å²) in [5.74, 6) is -16.5. The van der Waals surface area contributed by atoms with E-state index in [-0.39, 0.29) is 102 Å². The Morgan fingerprint density at radius 2 is 0.860 bits per heavy atom. The maximum atomic E-state index is 14.4. The van der Waals surface area contributed by atoms with Gasteiger partial charge < -0.3 is 150 Å². The maximum absolute atomic E-state index is 14.4. The molecule has 16 atom stereocenters. The number of amides is 15. The Labute approximate surface area is 661 Å². The van der Waals surface area contributed by atoms with E-state index in [2.05, 4.69) is 79.1 Å². The van der Waals surface area contributed by atoms with Gasteiger partial charge in [-0.05, 0) is 150 Å². The van der Waals surface area contributed by atoms with Crippen molar-refractivity contribution in [2.75, 3.05) is 80.1 Å². The lowest BCUT2D eigenvalue weighted by atomic mass is 10.0. The van der Waals surface area contributed by atoms with E-state index in [1.807, 2.05) is 21.1 Å². The lowest BCUT2D eigenvalue weighted by Gasteiger charge is -2.29. The van der Waals surface area contributed by atoms with Gasteiger partial charge >= 0.3 is 5.97 Å². The molecule has 0 aromatic heterocycles. The fourth-order valence-electron chi connectivity index (χ4n) is 11.3. The number of aliphatic hydroxyl groups excluding tert-OH is 4. The molecule has 46 nitrogen and oxygen atoms in total.